The van der Waals surface area contributed by atoms with Gasteiger partial charge in [0.15, 0.2) is 0 Å². The number of likely N-dealkylation sites (tertiary alicyclic amines) is 1. The Hall–Kier alpha value is -3.59. The van der Waals surface area contributed by atoms with Crippen LogP contribution in [-0.4, -0.2) is 78.5 Å². The number of H-pyrrole nitrogens is 1. The van der Waals surface area contributed by atoms with Crippen molar-refractivity contribution in [2.24, 2.45) is 0 Å². The second-order valence-electron chi connectivity index (χ2n) is 8.77. The number of benzene rings is 1. The zero-order valence-corrected chi connectivity index (χ0v) is 21.1. The molecule has 0 aliphatic carbocycles. The lowest BCUT2D eigenvalue weighted by molar-refractivity contribution is -0.139. The zero-order valence-electron chi connectivity index (χ0n) is 21.1. The van der Waals surface area contributed by atoms with Gasteiger partial charge in [-0.3, -0.25) is 9.59 Å². The first-order valence-corrected chi connectivity index (χ1v) is 11.6. The Kier molecular flexibility index (Phi) is 8.01. The van der Waals surface area contributed by atoms with Gasteiger partial charge in [0, 0.05) is 17.8 Å². The van der Waals surface area contributed by atoms with Crippen molar-refractivity contribution in [3.63, 3.8) is 0 Å². The van der Waals surface area contributed by atoms with E-state index in [-0.39, 0.29) is 23.6 Å². The molecule has 1 fully saturated rings. The molecule has 1 saturated heterocycles. The van der Waals surface area contributed by atoms with Crippen LogP contribution in [0.15, 0.2) is 29.8 Å². The van der Waals surface area contributed by atoms with Crippen LogP contribution in [0.25, 0.3) is 5.76 Å². The van der Waals surface area contributed by atoms with Gasteiger partial charge in [0.2, 0.25) is 0 Å². The minimum atomic E-state index is -0.775. The highest BCUT2D eigenvalue weighted by Crippen LogP contribution is 2.41. The van der Waals surface area contributed by atoms with Crippen molar-refractivity contribution in [3.05, 3.63) is 57.9 Å². The lowest BCUT2D eigenvalue weighted by atomic mass is 9.94. The Morgan fingerprint density at radius 1 is 1.17 bits per heavy atom. The molecule has 188 valence electrons. The van der Waals surface area contributed by atoms with Crippen molar-refractivity contribution >= 4 is 23.4 Å². The van der Waals surface area contributed by atoms with Gasteiger partial charge in [-0.25, -0.2) is 4.79 Å². The molecule has 9 heteroatoms. The predicted molar refractivity (Wildman–Crippen MR) is 131 cm³/mol. The maximum absolute atomic E-state index is 13.3. The Morgan fingerprint density at radius 3 is 2.40 bits per heavy atom. The number of methoxy groups -OCH3 is 1. The van der Waals surface area contributed by atoms with Crippen molar-refractivity contribution in [1.82, 2.24) is 14.8 Å². The number of aromatic amines is 1. The number of esters is 1. The van der Waals surface area contributed by atoms with Crippen LogP contribution in [0.2, 0.25) is 0 Å². The van der Waals surface area contributed by atoms with Gasteiger partial charge in [-0.2, -0.15) is 0 Å². The number of nitrogens with zero attached hydrogens (tertiary/aromatic N) is 2. The van der Waals surface area contributed by atoms with Crippen molar-refractivity contribution < 1.29 is 29.0 Å². The number of aromatic nitrogens is 1. The molecule has 1 aromatic heterocycles. The van der Waals surface area contributed by atoms with Gasteiger partial charge in [0.05, 0.1) is 25.3 Å². The number of Topliss-reactive ketones (excluding diaryl/α,β-unsaturated/α-hetero) is 1. The molecular weight excluding hydrogens is 450 g/mol. The van der Waals surface area contributed by atoms with Crippen LogP contribution in [0.5, 0.6) is 5.75 Å². The Bertz CT molecular complexity index is 1150. The third-order valence-electron chi connectivity index (χ3n) is 6.13. The molecule has 35 heavy (non-hydrogen) atoms. The lowest BCUT2D eigenvalue weighted by Gasteiger charge is -2.26. The standard InChI is InChI=1S/C26H33N3O6/c1-7-35-26(33)21-15(2)19(16(3)27-21)23(30)20-22(17-9-11-18(34-6)12-10-17)29(25(32)24(20)31)14-8-13-28(4)5/h9-12,22,27,30H,7-8,13-14H2,1-6H3. The van der Waals surface area contributed by atoms with Crippen molar-refractivity contribution in [2.75, 3.05) is 40.9 Å². The number of ether oxygens (including phenoxy) is 2. The number of carbonyl (C=O) groups excluding carboxylic acids is 3. The third kappa shape index (κ3) is 5.09. The van der Waals surface area contributed by atoms with Gasteiger partial charge in [-0.05, 0) is 71.1 Å². The molecule has 3 rings (SSSR count). The fourth-order valence-electron chi connectivity index (χ4n) is 4.45. The number of hydrogen-bond acceptors (Lipinski definition) is 7. The fourth-order valence-corrected chi connectivity index (χ4v) is 4.45. The van der Waals surface area contributed by atoms with Crippen LogP contribution in [-0.2, 0) is 14.3 Å². The molecule has 2 aromatic rings. The Morgan fingerprint density at radius 2 is 1.83 bits per heavy atom. The van der Waals surface area contributed by atoms with Gasteiger partial charge in [0.25, 0.3) is 11.7 Å². The summed E-state index contributed by atoms with van der Waals surface area (Å²) in [6.45, 7) is 6.34. The van der Waals surface area contributed by atoms with E-state index in [9.17, 15) is 19.5 Å². The highest BCUT2D eigenvalue weighted by molar-refractivity contribution is 6.46. The molecule has 1 aromatic carbocycles. The van der Waals surface area contributed by atoms with Crippen LogP contribution in [0.3, 0.4) is 0 Å². The first-order valence-electron chi connectivity index (χ1n) is 11.6. The molecule has 0 spiro atoms. The Balaban J connectivity index is 2.15. The van der Waals surface area contributed by atoms with Gasteiger partial charge < -0.3 is 29.4 Å². The summed E-state index contributed by atoms with van der Waals surface area (Å²) in [7, 11) is 5.43. The van der Waals surface area contributed by atoms with E-state index in [4.69, 9.17) is 9.47 Å². The normalized spacial score (nSPS) is 17.3. The number of rotatable bonds is 9. The molecule has 1 atom stereocenters. The number of ketones is 1. The highest BCUT2D eigenvalue weighted by Gasteiger charge is 2.46. The van der Waals surface area contributed by atoms with Gasteiger partial charge >= 0.3 is 5.97 Å². The van der Waals surface area contributed by atoms with Crippen LogP contribution >= 0.6 is 0 Å². The average molecular weight is 484 g/mol. The zero-order chi connectivity index (χ0) is 25.9. The smallest absolute Gasteiger partial charge is 0.355 e. The van der Waals surface area contributed by atoms with Crippen molar-refractivity contribution in [1.29, 1.82) is 0 Å². The van der Waals surface area contributed by atoms with Gasteiger partial charge in [-0.15, -0.1) is 0 Å². The van der Waals surface area contributed by atoms with Crippen LogP contribution in [0.4, 0.5) is 0 Å². The van der Waals surface area contributed by atoms with Crippen LogP contribution in [0.1, 0.15) is 52.3 Å². The number of carbonyl (C=O) groups is 3. The van der Waals surface area contributed by atoms with Crippen molar-refractivity contribution in [3.8, 4) is 5.75 Å². The highest BCUT2D eigenvalue weighted by atomic mass is 16.5. The molecule has 1 aliphatic heterocycles. The number of amides is 1. The summed E-state index contributed by atoms with van der Waals surface area (Å²) in [5, 5.41) is 11.4. The SMILES string of the molecule is CCOC(=O)c1[nH]c(C)c(C(O)=C2C(=O)C(=O)N(CCCN(C)C)C2c2ccc(OC)cc2)c1C. The van der Waals surface area contributed by atoms with Crippen molar-refractivity contribution in [2.45, 2.75) is 33.2 Å². The summed E-state index contributed by atoms with van der Waals surface area (Å²) in [5.74, 6) is -1.66. The monoisotopic (exact) mass is 483 g/mol. The second-order valence-corrected chi connectivity index (χ2v) is 8.77. The molecular formula is C26H33N3O6. The quantitative estimate of drug-likeness (QED) is 0.244. The minimum Gasteiger partial charge on any atom is -0.507 e. The average Bonchev–Trinajstić information content (AvgIpc) is 3.26. The van der Waals surface area contributed by atoms with E-state index in [0.717, 1.165) is 6.54 Å². The van der Waals surface area contributed by atoms with Gasteiger partial charge in [-0.1, -0.05) is 12.1 Å². The summed E-state index contributed by atoms with van der Waals surface area (Å²) in [6.07, 6.45) is 0.655. The molecule has 1 unspecified atom stereocenters. The molecule has 0 bridgehead atoms. The minimum absolute atomic E-state index is 0.00868. The molecule has 0 saturated carbocycles. The number of nitrogens with one attached hydrogen (secondary N) is 1. The Labute approximate surface area is 205 Å². The summed E-state index contributed by atoms with van der Waals surface area (Å²) < 4.78 is 10.4. The molecule has 2 N–H and O–H groups in total. The molecule has 0 radical (unpaired) electrons. The number of aryl methyl sites for hydroxylation is 1. The van der Waals surface area contributed by atoms with E-state index in [1.807, 2.05) is 19.0 Å². The lowest BCUT2D eigenvalue weighted by Crippen LogP contribution is -2.32. The molecule has 9 nitrogen and oxygen atoms in total. The van der Waals surface area contributed by atoms with E-state index < -0.39 is 23.7 Å². The topological polar surface area (TPSA) is 112 Å². The molecule has 1 amide bonds. The summed E-state index contributed by atoms with van der Waals surface area (Å²) in [5.41, 5.74) is 2.13. The summed E-state index contributed by atoms with van der Waals surface area (Å²) in [4.78, 5) is 45.2. The number of aliphatic hydroxyl groups excluding tert-OH is 1. The van der Waals surface area contributed by atoms with Crippen LogP contribution < -0.4 is 4.74 Å². The summed E-state index contributed by atoms with van der Waals surface area (Å²) in [6, 6.07) is 6.29. The molecule has 2 heterocycles. The first-order chi connectivity index (χ1) is 16.6. The van der Waals surface area contributed by atoms with E-state index >= 15 is 0 Å². The maximum atomic E-state index is 13.3. The summed E-state index contributed by atoms with van der Waals surface area (Å²) >= 11 is 0. The number of hydrogen-bond donors (Lipinski definition) is 2. The number of aliphatic hydroxyl groups is 1. The van der Waals surface area contributed by atoms with E-state index in [2.05, 4.69) is 4.98 Å². The molecule has 1 aliphatic rings. The van der Waals surface area contributed by atoms with Crippen LogP contribution in [0, 0.1) is 13.8 Å². The maximum Gasteiger partial charge on any atom is 0.355 e. The van der Waals surface area contributed by atoms with E-state index in [1.54, 1.807) is 52.1 Å². The fraction of sp³-hybridized carbons (Fsp3) is 0.423. The van der Waals surface area contributed by atoms with E-state index in [0.29, 0.717) is 41.1 Å². The van der Waals surface area contributed by atoms with E-state index in [1.165, 1.54) is 4.90 Å². The third-order valence-corrected chi connectivity index (χ3v) is 6.13. The van der Waals surface area contributed by atoms with Gasteiger partial charge in [0.1, 0.15) is 17.2 Å². The largest absolute Gasteiger partial charge is 0.507 e. The second kappa shape index (κ2) is 10.8. The predicted octanol–water partition coefficient (Wildman–Crippen LogP) is 3.19. The first kappa shape index (κ1) is 26.0.